The van der Waals surface area contributed by atoms with E-state index in [4.69, 9.17) is 4.98 Å². The number of benzene rings is 3. The highest BCUT2D eigenvalue weighted by atomic mass is 19.1. The molecule has 0 unspecified atom stereocenters. The first kappa shape index (κ1) is 21.8. The minimum absolute atomic E-state index is 0.00464. The van der Waals surface area contributed by atoms with Gasteiger partial charge in [-0.25, -0.2) is 9.37 Å². The summed E-state index contributed by atoms with van der Waals surface area (Å²) in [6, 6.07) is 21.6. The van der Waals surface area contributed by atoms with Gasteiger partial charge in [-0.3, -0.25) is 4.79 Å². The first-order valence-corrected chi connectivity index (χ1v) is 10.8. The van der Waals surface area contributed by atoms with Gasteiger partial charge in [0.1, 0.15) is 5.67 Å². The number of aromatic nitrogens is 2. The Morgan fingerprint density at radius 3 is 2.38 bits per heavy atom. The summed E-state index contributed by atoms with van der Waals surface area (Å²) in [7, 11) is 0. The van der Waals surface area contributed by atoms with Crippen LogP contribution in [-0.2, 0) is 13.0 Å². The van der Waals surface area contributed by atoms with Crippen LogP contribution in [0.1, 0.15) is 47.8 Å². The fraction of sp³-hybridized carbons (Fsp3) is 0.259. The Labute approximate surface area is 188 Å². The van der Waals surface area contributed by atoms with Gasteiger partial charge in [0.15, 0.2) is 5.78 Å². The smallest absolute Gasteiger partial charge is 0.208 e. The molecule has 1 heterocycles. The van der Waals surface area contributed by atoms with Gasteiger partial charge in [0.25, 0.3) is 0 Å². The van der Waals surface area contributed by atoms with E-state index in [1.165, 1.54) is 5.56 Å². The highest BCUT2D eigenvalue weighted by Crippen LogP contribution is 2.27. The Morgan fingerprint density at radius 2 is 1.72 bits per heavy atom. The van der Waals surface area contributed by atoms with Crippen LogP contribution >= 0.6 is 0 Å². The SMILES string of the molecule is CC(=O)c1ccc2c(c1)nc(Nc1ccc(C)cc1)n2Cc1ccccc1CC(C)(C)F. The first-order valence-electron chi connectivity index (χ1n) is 10.8. The van der Waals surface area contributed by atoms with Crippen molar-refractivity contribution in [2.45, 2.75) is 46.3 Å². The number of hydrogen-bond donors (Lipinski definition) is 1. The lowest BCUT2D eigenvalue weighted by atomic mass is 9.96. The molecule has 0 saturated carbocycles. The Kier molecular flexibility index (Phi) is 5.83. The van der Waals surface area contributed by atoms with Gasteiger partial charge < -0.3 is 9.88 Å². The highest BCUT2D eigenvalue weighted by molar-refractivity contribution is 5.97. The Hall–Kier alpha value is -3.47. The number of Topliss-reactive ketones (excluding diaryl/α,β-unsaturated/α-hetero) is 1. The lowest BCUT2D eigenvalue weighted by Gasteiger charge is -2.18. The topological polar surface area (TPSA) is 46.9 Å². The van der Waals surface area contributed by atoms with Gasteiger partial charge in [-0.1, -0.05) is 42.0 Å². The van der Waals surface area contributed by atoms with E-state index in [2.05, 4.69) is 9.88 Å². The van der Waals surface area contributed by atoms with E-state index in [0.29, 0.717) is 24.5 Å². The quantitative estimate of drug-likeness (QED) is 0.335. The molecule has 4 rings (SSSR count). The Morgan fingerprint density at radius 1 is 1.03 bits per heavy atom. The van der Waals surface area contributed by atoms with Crippen LogP contribution in [0.25, 0.3) is 11.0 Å². The molecule has 0 atom stereocenters. The van der Waals surface area contributed by atoms with Crippen molar-refractivity contribution in [1.29, 1.82) is 0 Å². The number of nitrogens with zero attached hydrogens (tertiary/aromatic N) is 2. The summed E-state index contributed by atoms with van der Waals surface area (Å²) in [5.74, 6) is 0.684. The molecule has 0 spiro atoms. The maximum Gasteiger partial charge on any atom is 0.208 e. The largest absolute Gasteiger partial charge is 0.326 e. The average molecular weight is 430 g/mol. The molecule has 0 amide bonds. The third-order valence-corrected chi connectivity index (χ3v) is 5.52. The van der Waals surface area contributed by atoms with Gasteiger partial charge in [0.2, 0.25) is 5.95 Å². The van der Waals surface area contributed by atoms with E-state index in [1.54, 1.807) is 20.8 Å². The number of halogens is 1. The van der Waals surface area contributed by atoms with Crippen molar-refractivity contribution in [2.24, 2.45) is 0 Å². The third-order valence-electron chi connectivity index (χ3n) is 5.52. The molecule has 0 saturated heterocycles. The fourth-order valence-corrected chi connectivity index (χ4v) is 3.88. The van der Waals surface area contributed by atoms with Crippen LogP contribution in [0.4, 0.5) is 16.0 Å². The minimum atomic E-state index is -1.30. The molecule has 1 aromatic heterocycles. The molecule has 5 heteroatoms. The predicted octanol–water partition coefficient (Wildman–Crippen LogP) is 6.63. The van der Waals surface area contributed by atoms with Crippen LogP contribution in [0.3, 0.4) is 0 Å². The summed E-state index contributed by atoms with van der Waals surface area (Å²) in [6.45, 7) is 7.34. The maximum atomic E-state index is 14.4. The summed E-state index contributed by atoms with van der Waals surface area (Å²) >= 11 is 0. The van der Waals surface area contributed by atoms with Crippen molar-refractivity contribution in [1.82, 2.24) is 9.55 Å². The Bertz CT molecular complexity index is 1270. The standard InChI is InChI=1S/C27H28FN3O/c1-18-9-12-23(13-10-18)29-26-30-24-15-20(19(2)32)11-14-25(24)31(26)17-22-8-6-5-7-21(22)16-27(3,4)28/h5-15H,16-17H2,1-4H3,(H,29,30). The highest BCUT2D eigenvalue weighted by Gasteiger charge is 2.20. The summed E-state index contributed by atoms with van der Waals surface area (Å²) in [5.41, 5.74) is 5.11. The fourth-order valence-electron chi connectivity index (χ4n) is 3.88. The van der Waals surface area contributed by atoms with Gasteiger partial charge >= 0.3 is 0 Å². The summed E-state index contributed by atoms with van der Waals surface area (Å²) in [6.07, 6.45) is 0.338. The van der Waals surface area contributed by atoms with Crippen molar-refractivity contribution >= 4 is 28.5 Å². The molecule has 0 fully saturated rings. The summed E-state index contributed by atoms with van der Waals surface area (Å²) in [4.78, 5) is 16.7. The Balaban J connectivity index is 1.80. The third kappa shape index (κ3) is 4.88. The normalized spacial score (nSPS) is 11.7. The zero-order chi connectivity index (χ0) is 22.9. The van der Waals surface area contributed by atoms with E-state index in [1.807, 2.05) is 73.7 Å². The monoisotopic (exact) mass is 429 g/mol. The molecule has 0 aliphatic carbocycles. The lowest BCUT2D eigenvalue weighted by Crippen LogP contribution is -2.17. The number of anilines is 2. The van der Waals surface area contributed by atoms with Crippen LogP contribution in [0, 0.1) is 6.92 Å². The van der Waals surface area contributed by atoms with Crippen LogP contribution in [0.15, 0.2) is 66.7 Å². The number of alkyl halides is 1. The van der Waals surface area contributed by atoms with Gasteiger partial charge in [-0.05, 0) is 69.2 Å². The number of aryl methyl sites for hydroxylation is 1. The number of hydrogen-bond acceptors (Lipinski definition) is 3. The molecule has 32 heavy (non-hydrogen) atoms. The van der Waals surface area contributed by atoms with Crippen molar-refractivity contribution in [3.05, 3.63) is 89.0 Å². The molecule has 0 aliphatic rings. The molecule has 0 bridgehead atoms. The zero-order valence-electron chi connectivity index (χ0n) is 18.9. The van der Waals surface area contributed by atoms with Crippen molar-refractivity contribution in [2.75, 3.05) is 5.32 Å². The molecular formula is C27H28FN3O. The molecule has 1 N–H and O–H groups in total. The number of fused-ring (bicyclic) bond motifs is 1. The second kappa shape index (κ2) is 8.58. The molecule has 164 valence electrons. The number of carbonyl (C=O) groups excluding carboxylic acids is 1. The number of imidazole rings is 1. The average Bonchev–Trinajstić information content (AvgIpc) is 3.06. The zero-order valence-corrected chi connectivity index (χ0v) is 18.9. The molecular weight excluding hydrogens is 401 g/mol. The van der Waals surface area contributed by atoms with Crippen molar-refractivity contribution < 1.29 is 9.18 Å². The van der Waals surface area contributed by atoms with E-state index in [-0.39, 0.29) is 5.78 Å². The molecule has 0 aliphatic heterocycles. The molecule has 4 aromatic rings. The van der Waals surface area contributed by atoms with E-state index < -0.39 is 5.67 Å². The maximum absolute atomic E-state index is 14.4. The second-order valence-corrected chi connectivity index (χ2v) is 8.94. The number of rotatable bonds is 7. The lowest BCUT2D eigenvalue weighted by molar-refractivity contribution is 0.101. The number of nitrogens with one attached hydrogen (secondary N) is 1. The molecule has 3 aromatic carbocycles. The number of ketones is 1. The van der Waals surface area contributed by atoms with E-state index in [0.717, 1.165) is 27.8 Å². The van der Waals surface area contributed by atoms with Crippen LogP contribution < -0.4 is 5.32 Å². The van der Waals surface area contributed by atoms with Gasteiger partial charge in [0.05, 0.1) is 17.6 Å². The van der Waals surface area contributed by atoms with E-state index >= 15 is 0 Å². The van der Waals surface area contributed by atoms with Crippen molar-refractivity contribution in [3.63, 3.8) is 0 Å². The van der Waals surface area contributed by atoms with Gasteiger partial charge in [0, 0.05) is 17.7 Å². The summed E-state index contributed by atoms with van der Waals surface area (Å²) in [5, 5.41) is 3.42. The van der Waals surface area contributed by atoms with Crippen molar-refractivity contribution in [3.8, 4) is 0 Å². The molecule has 4 nitrogen and oxygen atoms in total. The summed E-state index contributed by atoms with van der Waals surface area (Å²) < 4.78 is 16.5. The number of carbonyl (C=O) groups is 1. The predicted molar refractivity (Wildman–Crippen MR) is 129 cm³/mol. The first-order chi connectivity index (χ1) is 15.2. The second-order valence-electron chi connectivity index (χ2n) is 8.94. The minimum Gasteiger partial charge on any atom is -0.326 e. The van der Waals surface area contributed by atoms with Crippen LogP contribution in [0.5, 0.6) is 0 Å². The van der Waals surface area contributed by atoms with Gasteiger partial charge in [-0.2, -0.15) is 0 Å². The van der Waals surface area contributed by atoms with Gasteiger partial charge in [-0.15, -0.1) is 0 Å². The molecule has 0 radical (unpaired) electrons. The van der Waals surface area contributed by atoms with Crippen LogP contribution in [0.2, 0.25) is 0 Å². The van der Waals surface area contributed by atoms with Crippen LogP contribution in [-0.4, -0.2) is 21.0 Å². The van der Waals surface area contributed by atoms with E-state index in [9.17, 15) is 9.18 Å².